The van der Waals surface area contributed by atoms with E-state index in [4.69, 9.17) is 10.5 Å². The van der Waals surface area contributed by atoms with Gasteiger partial charge >= 0.3 is 5.97 Å². The normalized spacial score (nSPS) is 12.1. The van der Waals surface area contributed by atoms with Gasteiger partial charge in [-0.25, -0.2) is 9.97 Å². The number of aromatic nitrogens is 2. The zero-order valence-corrected chi connectivity index (χ0v) is 9.94. The molecule has 6 heteroatoms. The van der Waals surface area contributed by atoms with E-state index in [1.807, 2.05) is 0 Å². The summed E-state index contributed by atoms with van der Waals surface area (Å²) in [5.41, 5.74) is 5.64. The first kappa shape index (κ1) is 12.9. The van der Waals surface area contributed by atoms with Crippen LogP contribution in [0.15, 0.2) is 23.6 Å². The van der Waals surface area contributed by atoms with E-state index in [1.165, 1.54) is 11.8 Å². The molecule has 0 aliphatic carbocycles. The van der Waals surface area contributed by atoms with Crippen LogP contribution in [-0.2, 0) is 9.53 Å². The molecule has 1 aromatic heterocycles. The second kappa shape index (κ2) is 7.19. The van der Waals surface area contributed by atoms with Crippen LogP contribution < -0.4 is 5.73 Å². The van der Waals surface area contributed by atoms with Crippen LogP contribution in [-0.4, -0.2) is 34.3 Å². The minimum Gasteiger partial charge on any atom is -0.465 e. The van der Waals surface area contributed by atoms with E-state index in [0.717, 1.165) is 0 Å². The van der Waals surface area contributed by atoms with E-state index in [0.29, 0.717) is 23.9 Å². The smallest absolute Gasteiger partial charge is 0.322 e. The van der Waals surface area contributed by atoms with Crippen LogP contribution in [0.3, 0.4) is 0 Å². The summed E-state index contributed by atoms with van der Waals surface area (Å²) >= 11 is 1.47. The lowest BCUT2D eigenvalue weighted by Crippen LogP contribution is -2.32. The first-order valence-corrected chi connectivity index (χ1v) is 6.04. The van der Waals surface area contributed by atoms with Gasteiger partial charge in [0.1, 0.15) is 6.04 Å². The van der Waals surface area contributed by atoms with Crippen molar-refractivity contribution in [3.63, 3.8) is 0 Å². The van der Waals surface area contributed by atoms with Crippen LogP contribution in [0.5, 0.6) is 0 Å². The number of esters is 1. The first-order valence-electron chi connectivity index (χ1n) is 5.06. The Kier molecular flexibility index (Phi) is 5.81. The predicted octanol–water partition coefficient (Wildman–Crippen LogP) is 0.849. The van der Waals surface area contributed by atoms with Gasteiger partial charge in [0.05, 0.1) is 6.61 Å². The molecule has 0 radical (unpaired) electrons. The van der Waals surface area contributed by atoms with Crippen molar-refractivity contribution in [3.05, 3.63) is 18.5 Å². The van der Waals surface area contributed by atoms with Crippen molar-refractivity contribution >= 4 is 17.7 Å². The number of carbonyl (C=O) groups excluding carboxylic acids is 1. The Balaban J connectivity index is 2.23. The lowest BCUT2D eigenvalue weighted by Gasteiger charge is -2.09. The number of hydrogen-bond acceptors (Lipinski definition) is 6. The Bertz CT molecular complexity index is 321. The first-order chi connectivity index (χ1) is 7.74. The number of hydrogen-bond donors (Lipinski definition) is 1. The Morgan fingerprint density at radius 2 is 2.25 bits per heavy atom. The molecule has 16 heavy (non-hydrogen) atoms. The van der Waals surface area contributed by atoms with E-state index >= 15 is 0 Å². The van der Waals surface area contributed by atoms with Crippen molar-refractivity contribution in [1.82, 2.24) is 9.97 Å². The minimum atomic E-state index is -0.559. The SMILES string of the molecule is CCOC(=O)C(N)CCSc1ncccn1. The molecule has 1 atom stereocenters. The summed E-state index contributed by atoms with van der Waals surface area (Å²) in [5, 5.41) is 0.693. The van der Waals surface area contributed by atoms with Crippen LogP contribution in [0, 0.1) is 0 Å². The van der Waals surface area contributed by atoms with Crippen LogP contribution in [0.2, 0.25) is 0 Å². The summed E-state index contributed by atoms with van der Waals surface area (Å²) in [5.74, 6) is 0.348. The van der Waals surface area contributed by atoms with Gasteiger partial charge in [-0.3, -0.25) is 4.79 Å². The van der Waals surface area contributed by atoms with Crippen LogP contribution in [0.1, 0.15) is 13.3 Å². The van der Waals surface area contributed by atoms with Gasteiger partial charge in [-0.15, -0.1) is 0 Å². The van der Waals surface area contributed by atoms with Gasteiger partial charge in [0.2, 0.25) is 0 Å². The Morgan fingerprint density at radius 1 is 1.56 bits per heavy atom. The third kappa shape index (κ3) is 4.59. The molecule has 0 amide bonds. The molecule has 0 aromatic carbocycles. The molecule has 5 nitrogen and oxygen atoms in total. The summed E-state index contributed by atoms with van der Waals surface area (Å²) < 4.78 is 4.80. The summed E-state index contributed by atoms with van der Waals surface area (Å²) in [7, 11) is 0. The maximum absolute atomic E-state index is 11.2. The number of carbonyl (C=O) groups is 1. The molecular formula is C10H15N3O2S. The quantitative estimate of drug-likeness (QED) is 0.452. The number of thioether (sulfide) groups is 1. The van der Waals surface area contributed by atoms with E-state index in [1.54, 1.807) is 25.4 Å². The highest BCUT2D eigenvalue weighted by atomic mass is 32.2. The summed E-state index contributed by atoms with van der Waals surface area (Å²) in [6.45, 7) is 2.12. The number of ether oxygens (including phenoxy) is 1. The monoisotopic (exact) mass is 241 g/mol. The molecule has 1 unspecified atom stereocenters. The fourth-order valence-electron chi connectivity index (χ4n) is 1.00. The third-order valence-electron chi connectivity index (χ3n) is 1.79. The molecule has 2 N–H and O–H groups in total. The van der Waals surface area contributed by atoms with Gasteiger partial charge in [-0.2, -0.15) is 0 Å². The molecule has 88 valence electrons. The molecule has 0 aliphatic rings. The maximum atomic E-state index is 11.2. The lowest BCUT2D eigenvalue weighted by molar-refractivity contribution is -0.144. The summed E-state index contributed by atoms with van der Waals surface area (Å²) in [4.78, 5) is 19.3. The molecule has 0 saturated heterocycles. The molecule has 0 saturated carbocycles. The van der Waals surface area contributed by atoms with Crippen molar-refractivity contribution in [2.75, 3.05) is 12.4 Å². The highest BCUT2D eigenvalue weighted by Crippen LogP contribution is 2.12. The average Bonchev–Trinajstić information content (AvgIpc) is 2.30. The fourth-order valence-corrected chi connectivity index (χ4v) is 1.83. The van der Waals surface area contributed by atoms with Gasteiger partial charge in [-0.05, 0) is 19.4 Å². The average molecular weight is 241 g/mol. The van der Waals surface area contributed by atoms with E-state index in [-0.39, 0.29) is 5.97 Å². The molecular weight excluding hydrogens is 226 g/mol. The van der Waals surface area contributed by atoms with Gasteiger partial charge in [0, 0.05) is 18.1 Å². The molecule has 0 aliphatic heterocycles. The van der Waals surface area contributed by atoms with Gasteiger partial charge in [0.15, 0.2) is 5.16 Å². The Hall–Kier alpha value is -1.14. The highest BCUT2D eigenvalue weighted by molar-refractivity contribution is 7.99. The zero-order chi connectivity index (χ0) is 11.8. The predicted molar refractivity (Wildman–Crippen MR) is 62.0 cm³/mol. The van der Waals surface area contributed by atoms with E-state index in [9.17, 15) is 4.79 Å². The topological polar surface area (TPSA) is 78.1 Å². The molecule has 1 heterocycles. The lowest BCUT2D eigenvalue weighted by atomic mass is 10.2. The Labute approximate surface area is 98.8 Å². The van der Waals surface area contributed by atoms with Gasteiger partial charge in [-0.1, -0.05) is 11.8 Å². The van der Waals surface area contributed by atoms with E-state index in [2.05, 4.69) is 9.97 Å². The third-order valence-corrected chi connectivity index (χ3v) is 2.70. The summed E-state index contributed by atoms with van der Waals surface area (Å²) in [6.07, 6.45) is 3.92. The number of nitrogens with zero attached hydrogens (tertiary/aromatic N) is 2. The standard InChI is InChI=1S/C10H15N3O2S/c1-2-15-9(14)8(11)4-7-16-10-12-5-3-6-13-10/h3,5-6,8H,2,4,7,11H2,1H3. The van der Waals surface area contributed by atoms with Crippen molar-refractivity contribution in [2.24, 2.45) is 5.73 Å². The highest BCUT2D eigenvalue weighted by Gasteiger charge is 2.14. The van der Waals surface area contributed by atoms with Gasteiger partial charge in [0.25, 0.3) is 0 Å². The summed E-state index contributed by atoms with van der Waals surface area (Å²) in [6, 6.07) is 1.20. The van der Waals surface area contributed by atoms with E-state index < -0.39 is 6.04 Å². The maximum Gasteiger partial charge on any atom is 0.322 e. The van der Waals surface area contributed by atoms with Crippen LogP contribution >= 0.6 is 11.8 Å². The second-order valence-electron chi connectivity index (χ2n) is 3.03. The van der Waals surface area contributed by atoms with Crippen molar-refractivity contribution in [2.45, 2.75) is 24.5 Å². The molecule has 0 fully saturated rings. The number of rotatable bonds is 6. The Morgan fingerprint density at radius 3 is 2.88 bits per heavy atom. The molecule has 0 spiro atoms. The zero-order valence-electron chi connectivity index (χ0n) is 9.13. The van der Waals surface area contributed by atoms with Crippen LogP contribution in [0.25, 0.3) is 0 Å². The van der Waals surface area contributed by atoms with Crippen molar-refractivity contribution in [1.29, 1.82) is 0 Å². The largest absolute Gasteiger partial charge is 0.465 e. The minimum absolute atomic E-state index is 0.350. The second-order valence-corrected chi connectivity index (χ2v) is 4.09. The molecule has 1 rings (SSSR count). The molecule has 0 bridgehead atoms. The van der Waals surface area contributed by atoms with Crippen molar-refractivity contribution in [3.8, 4) is 0 Å². The number of nitrogens with two attached hydrogens (primary N) is 1. The van der Waals surface area contributed by atoms with Crippen molar-refractivity contribution < 1.29 is 9.53 Å². The molecule has 1 aromatic rings. The van der Waals surface area contributed by atoms with Crippen LogP contribution in [0.4, 0.5) is 0 Å². The van der Waals surface area contributed by atoms with Gasteiger partial charge < -0.3 is 10.5 Å². The fraction of sp³-hybridized carbons (Fsp3) is 0.500.